The van der Waals surface area contributed by atoms with Crippen molar-refractivity contribution in [3.05, 3.63) is 197 Å². The first-order valence-electron chi connectivity index (χ1n) is 19.6. The first-order valence-corrected chi connectivity index (χ1v) is 19.6. The van der Waals surface area contributed by atoms with E-state index in [0.717, 1.165) is 41.8 Å². The lowest BCUT2D eigenvalue weighted by molar-refractivity contribution is 0.420. The summed E-state index contributed by atoms with van der Waals surface area (Å²) in [5.74, 6) is 1.89. The second kappa shape index (κ2) is 12.3. The summed E-state index contributed by atoms with van der Waals surface area (Å²) in [5.41, 5.74) is 19.5. The van der Waals surface area contributed by atoms with Gasteiger partial charge in [-0.05, 0) is 88.9 Å². The van der Waals surface area contributed by atoms with Gasteiger partial charge in [0, 0.05) is 51.8 Å². The molecular formula is C51H41N3. The highest BCUT2D eigenvalue weighted by Gasteiger charge is 2.50. The SMILES string of the molecule is C=C(N=C(/C=C\C)c1ccc2c(c1)C1C(=NC3=C1C1C=CC=C[C@H]31)c1ccccc1-2)c1ccc2c(c1)CCC1CC3C=CC=CC3N=C1c1ccccc1-2. The van der Waals surface area contributed by atoms with Crippen molar-refractivity contribution in [3.8, 4) is 22.3 Å². The first kappa shape index (κ1) is 31.6. The lowest BCUT2D eigenvalue weighted by atomic mass is 9.62. The van der Waals surface area contributed by atoms with Crippen LogP contribution in [0.2, 0.25) is 0 Å². The molecule has 2 heterocycles. The second-order valence-corrected chi connectivity index (χ2v) is 15.7. The molecule has 3 heteroatoms. The molecule has 5 aliphatic carbocycles. The Kier molecular flexibility index (Phi) is 7.20. The molecule has 11 rings (SSSR count). The van der Waals surface area contributed by atoms with Crippen LogP contribution in [0.25, 0.3) is 28.0 Å². The topological polar surface area (TPSA) is 37.1 Å². The maximum atomic E-state index is 5.38. The molecule has 54 heavy (non-hydrogen) atoms. The van der Waals surface area contributed by atoms with Crippen LogP contribution in [0.5, 0.6) is 0 Å². The quantitative estimate of drug-likeness (QED) is 0.191. The molecule has 0 fully saturated rings. The minimum absolute atomic E-state index is 0.167. The van der Waals surface area contributed by atoms with E-state index in [1.807, 2.05) is 0 Å². The van der Waals surface area contributed by atoms with Crippen LogP contribution in [-0.2, 0) is 6.42 Å². The molecule has 2 aliphatic heterocycles. The average molecular weight is 696 g/mol. The fourth-order valence-electron chi connectivity index (χ4n) is 10.3. The molecule has 0 spiro atoms. The number of benzene rings is 4. The van der Waals surface area contributed by atoms with E-state index < -0.39 is 0 Å². The molecular weight excluding hydrogens is 655 g/mol. The van der Waals surface area contributed by atoms with Gasteiger partial charge in [0.25, 0.3) is 0 Å². The van der Waals surface area contributed by atoms with Crippen molar-refractivity contribution in [2.45, 2.75) is 38.1 Å². The maximum Gasteiger partial charge on any atom is 0.0749 e. The second-order valence-electron chi connectivity index (χ2n) is 15.7. The zero-order valence-electron chi connectivity index (χ0n) is 30.5. The van der Waals surface area contributed by atoms with Gasteiger partial charge >= 0.3 is 0 Å². The van der Waals surface area contributed by atoms with E-state index in [4.69, 9.17) is 15.0 Å². The van der Waals surface area contributed by atoms with Gasteiger partial charge in [0.15, 0.2) is 0 Å². The third-order valence-electron chi connectivity index (χ3n) is 12.8. The van der Waals surface area contributed by atoms with E-state index in [0.29, 0.717) is 23.7 Å². The third-order valence-corrected chi connectivity index (χ3v) is 12.8. The summed E-state index contributed by atoms with van der Waals surface area (Å²) in [6.45, 7) is 6.64. The van der Waals surface area contributed by atoms with Crippen molar-refractivity contribution in [1.29, 1.82) is 0 Å². The summed E-state index contributed by atoms with van der Waals surface area (Å²) in [6.07, 6.45) is 25.5. The zero-order chi connectivity index (χ0) is 35.9. The normalized spacial score (nSPS) is 26.4. The molecule has 5 unspecified atom stereocenters. The third kappa shape index (κ3) is 4.77. The van der Waals surface area contributed by atoms with Crippen molar-refractivity contribution in [1.82, 2.24) is 0 Å². The highest BCUT2D eigenvalue weighted by molar-refractivity contribution is 6.18. The minimum Gasteiger partial charge on any atom is -0.281 e. The smallest absolute Gasteiger partial charge is 0.0749 e. The Morgan fingerprint density at radius 3 is 2.26 bits per heavy atom. The van der Waals surface area contributed by atoms with Crippen LogP contribution in [0.3, 0.4) is 0 Å². The summed E-state index contributed by atoms with van der Waals surface area (Å²) in [7, 11) is 0. The zero-order valence-corrected chi connectivity index (χ0v) is 30.5. The Bertz CT molecular complexity index is 2600. The summed E-state index contributed by atoms with van der Waals surface area (Å²) < 4.78 is 0. The number of hydrogen-bond acceptors (Lipinski definition) is 3. The predicted molar refractivity (Wildman–Crippen MR) is 224 cm³/mol. The van der Waals surface area contributed by atoms with Gasteiger partial charge in [-0.2, -0.15) is 0 Å². The maximum absolute atomic E-state index is 5.38. The van der Waals surface area contributed by atoms with Gasteiger partial charge in [0.2, 0.25) is 0 Å². The Morgan fingerprint density at radius 2 is 1.43 bits per heavy atom. The average Bonchev–Trinajstić information content (AvgIpc) is 3.56. The number of hydrogen-bond donors (Lipinski definition) is 0. The fourth-order valence-corrected chi connectivity index (χ4v) is 10.3. The molecule has 0 saturated carbocycles. The predicted octanol–water partition coefficient (Wildman–Crippen LogP) is 11.4. The first-order chi connectivity index (χ1) is 26.6. The molecule has 260 valence electrons. The van der Waals surface area contributed by atoms with Crippen molar-refractivity contribution in [3.63, 3.8) is 0 Å². The molecule has 6 atom stereocenters. The lowest BCUT2D eigenvalue weighted by Gasteiger charge is -2.39. The van der Waals surface area contributed by atoms with Crippen molar-refractivity contribution >= 4 is 22.8 Å². The molecule has 3 nitrogen and oxygen atoms in total. The van der Waals surface area contributed by atoms with Crippen LogP contribution in [-0.4, -0.2) is 23.2 Å². The standard InChI is InChI=1S/C51H41N3/c1-3-12-45(34-24-26-39-38-15-6-9-18-42(38)50-48(44(39)29-34)47-40-16-7-10-19-43(40)51(47)54-50)52-30(2)31-23-25-36-32(27-31)21-22-35-28-33-13-4-11-20-46(33)53-49(35)41-17-8-5-14-37(36)41/h3-20,23-27,29,33,35,40,43,46,48H,2,21-22,28H2,1H3/b12-3-,52-45?/t33?,35?,40?,43-,46?,48?/m0/s1. The van der Waals surface area contributed by atoms with E-state index in [1.165, 1.54) is 67.2 Å². The molecule has 0 aromatic heterocycles. The Morgan fingerprint density at radius 1 is 0.722 bits per heavy atom. The van der Waals surface area contributed by atoms with Gasteiger partial charge in [-0.25, -0.2) is 4.99 Å². The van der Waals surface area contributed by atoms with Crippen LogP contribution in [0.4, 0.5) is 0 Å². The fraction of sp³-hybridized carbons (Fsp3) is 0.196. The molecule has 4 aromatic carbocycles. The van der Waals surface area contributed by atoms with Crippen LogP contribution >= 0.6 is 0 Å². The van der Waals surface area contributed by atoms with Gasteiger partial charge in [0.05, 0.1) is 29.1 Å². The summed E-state index contributed by atoms with van der Waals surface area (Å²) in [5, 5.41) is 0. The van der Waals surface area contributed by atoms with Gasteiger partial charge in [-0.1, -0.05) is 134 Å². The number of rotatable bonds is 4. The lowest BCUT2D eigenvalue weighted by Crippen LogP contribution is -2.33. The molecule has 0 N–H and O–H groups in total. The van der Waals surface area contributed by atoms with E-state index in [2.05, 4.69) is 159 Å². The van der Waals surface area contributed by atoms with Crippen LogP contribution in [0.15, 0.2) is 179 Å². The molecule has 0 saturated heterocycles. The molecule has 0 radical (unpaired) electrons. The van der Waals surface area contributed by atoms with Gasteiger partial charge in [0.1, 0.15) is 0 Å². The number of nitrogens with zero attached hydrogens (tertiary/aromatic N) is 3. The Hall–Kier alpha value is -5.93. The minimum atomic E-state index is 0.167. The van der Waals surface area contributed by atoms with Crippen LogP contribution < -0.4 is 0 Å². The molecule has 7 aliphatic rings. The van der Waals surface area contributed by atoms with Gasteiger partial charge in [-0.15, -0.1) is 0 Å². The number of fused-ring (bicyclic) bond motifs is 16. The number of aryl methyl sites for hydroxylation is 1. The Balaban J connectivity index is 0.964. The Labute approximate surface area is 317 Å². The van der Waals surface area contributed by atoms with E-state index in [9.17, 15) is 0 Å². The van der Waals surface area contributed by atoms with Crippen LogP contribution in [0, 0.1) is 23.7 Å². The summed E-state index contributed by atoms with van der Waals surface area (Å²) in [6, 6.07) is 31.7. The molecule has 0 amide bonds. The molecule has 0 bridgehead atoms. The highest BCUT2D eigenvalue weighted by atomic mass is 14.9. The van der Waals surface area contributed by atoms with E-state index in [1.54, 1.807) is 0 Å². The molecule has 4 aromatic rings. The summed E-state index contributed by atoms with van der Waals surface area (Å²) >= 11 is 0. The van der Waals surface area contributed by atoms with Crippen molar-refractivity contribution in [2.75, 3.05) is 0 Å². The monoisotopic (exact) mass is 695 g/mol. The van der Waals surface area contributed by atoms with Crippen molar-refractivity contribution in [2.24, 2.45) is 38.6 Å². The van der Waals surface area contributed by atoms with Crippen molar-refractivity contribution < 1.29 is 0 Å². The van der Waals surface area contributed by atoms with Gasteiger partial charge < -0.3 is 0 Å². The number of allylic oxidation sites excluding steroid dienone is 9. The van der Waals surface area contributed by atoms with Gasteiger partial charge in [-0.3, -0.25) is 9.98 Å². The largest absolute Gasteiger partial charge is 0.281 e. The number of aliphatic imine (C=N–C) groups is 3. The van der Waals surface area contributed by atoms with E-state index >= 15 is 0 Å². The highest BCUT2D eigenvalue weighted by Crippen LogP contribution is 2.59. The van der Waals surface area contributed by atoms with Crippen LogP contribution in [0.1, 0.15) is 59.1 Å². The summed E-state index contributed by atoms with van der Waals surface area (Å²) in [4.78, 5) is 16.0. The van der Waals surface area contributed by atoms with E-state index in [-0.39, 0.29) is 12.0 Å².